The fraction of sp³-hybridized carbons (Fsp3) is 0.154. The molecule has 0 radical (unpaired) electrons. The first kappa shape index (κ1) is 11.3. The van der Waals surface area contributed by atoms with Crippen LogP contribution in [0.25, 0.3) is 0 Å². The van der Waals surface area contributed by atoms with Gasteiger partial charge >= 0.3 is 0 Å². The van der Waals surface area contributed by atoms with Gasteiger partial charge in [-0.25, -0.2) is 0 Å². The van der Waals surface area contributed by atoms with Gasteiger partial charge in [-0.2, -0.15) is 0 Å². The largest absolute Gasteiger partial charge is 0.397 e. The maximum absolute atomic E-state index is 11.7. The van der Waals surface area contributed by atoms with E-state index in [9.17, 15) is 4.79 Å². The van der Waals surface area contributed by atoms with Gasteiger partial charge < -0.3 is 16.0 Å². The van der Waals surface area contributed by atoms with E-state index in [-0.39, 0.29) is 5.91 Å². The van der Waals surface area contributed by atoms with Crippen LogP contribution >= 0.6 is 0 Å². The van der Waals surface area contributed by atoms with Crippen molar-refractivity contribution in [2.45, 2.75) is 13.5 Å². The van der Waals surface area contributed by atoms with Crippen molar-refractivity contribution >= 4 is 11.6 Å². The molecule has 4 nitrogen and oxygen atoms in total. The van der Waals surface area contributed by atoms with Gasteiger partial charge in [0.2, 0.25) is 0 Å². The fourth-order valence-corrected chi connectivity index (χ4v) is 1.62. The van der Waals surface area contributed by atoms with Crippen molar-refractivity contribution in [1.82, 2.24) is 10.3 Å². The number of aromatic nitrogens is 1. The van der Waals surface area contributed by atoms with Gasteiger partial charge in [-0.1, -0.05) is 24.3 Å². The molecule has 0 unspecified atom stereocenters. The van der Waals surface area contributed by atoms with Gasteiger partial charge in [-0.15, -0.1) is 0 Å². The number of rotatable bonds is 3. The highest BCUT2D eigenvalue weighted by atomic mass is 16.1. The minimum absolute atomic E-state index is 0.148. The molecule has 0 atom stereocenters. The molecule has 2 rings (SSSR count). The van der Waals surface area contributed by atoms with Gasteiger partial charge in [0.25, 0.3) is 5.91 Å². The smallest absolute Gasteiger partial charge is 0.268 e. The molecular formula is C13H15N3O. The summed E-state index contributed by atoms with van der Waals surface area (Å²) in [5.74, 6) is -0.148. The maximum atomic E-state index is 11.7. The van der Waals surface area contributed by atoms with E-state index in [4.69, 9.17) is 5.73 Å². The van der Waals surface area contributed by atoms with E-state index >= 15 is 0 Å². The van der Waals surface area contributed by atoms with E-state index in [1.807, 2.05) is 31.2 Å². The van der Waals surface area contributed by atoms with Crippen LogP contribution in [0.15, 0.2) is 36.5 Å². The third-order valence-electron chi connectivity index (χ3n) is 2.65. The van der Waals surface area contributed by atoms with E-state index in [0.29, 0.717) is 17.9 Å². The Bertz CT molecular complexity index is 531. The number of amides is 1. The van der Waals surface area contributed by atoms with Crippen molar-refractivity contribution in [3.8, 4) is 0 Å². The van der Waals surface area contributed by atoms with E-state index in [2.05, 4.69) is 10.3 Å². The van der Waals surface area contributed by atoms with Crippen LogP contribution in [0.3, 0.4) is 0 Å². The first-order valence-corrected chi connectivity index (χ1v) is 5.43. The summed E-state index contributed by atoms with van der Waals surface area (Å²) in [6.07, 6.45) is 1.60. The number of aromatic amines is 1. The number of nitrogen functional groups attached to an aromatic ring is 1. The number of benzene rings is 1. The van der Waals surface area contributed by atoms with E-state index in [1.165, 1.54) is 5.56 Å². The summed E-state index contributed by atoms with van der Waals surface area (Å²) in [5.41, 5.74) is 8.86. The minimum Gasteiger partial charge on any atom is -0.397 e. The number of carbonyl (C=O) groups excluding carboxylic acids is 1. The number of aryl methyl sites for hydroxylation is 1. The monoisotopic (exact) mass is 229 g/mol. The van der Waals surface area contributed by atoms with Crippen LogP contribution in [-0.4, -0.2) is 10.9 Å². The molecule has 0 aliphatic carbocycles. The highest BCUT2D eigenvalue weighted by Crippen LogP contribution is 2.08. The van der Waals surface area contributed by atoms with Gasteiger partial charge in [-0.3, -0.25) is 4.79 Å². The Balaban J connectivity index is 1.99. The number of nitrogens with one attached hydrogen (secondary N) is 2. The van der Waals surface area contributed by atoms with E-state index in [1.54, 1.807) is 12.3 Å². The molecule has 0 bridgehead atoms. The average Bonchev–Trinajstić information content (AvgIpc) is 2.74. The summed E-state index contributed by atoms with van der Waals surface area (Å²) in [5, 5.41) is 2.84. The predicted molar refractivity (Wildman–Crippen MR) is 67.6 cm³/mol. The van der Waals surface area contributed by atoms with Crippen molar-refractivity contribution in [2.24, 2.45) is 0 Å². The third kappa shape index (κ3) is 2.66. The Morgan fingerprint density at radius 3 is 2.82 bits per heavy atom. The molecule has 1 aromatic heterocycles. The lowest BCUT2D eigenvalue weighted by molar-refractivity contribution is 0.0946. The number of nitrogens with two attached hydrogens (primary N) is 1. The molecule has 0 fully saturated rings. The van der Waals surface area contributed by atoms with Crippen LogP contribution in [0.5, 0.6) is 0 Å². The molecule has 17 heavy (non-hydrogen) atoms. The Hall–Kier alpha value is -2.23. The zero-order valence-electron chi connectivity index (χ0n) is 9.66. The number of hydrogen-bond donors (Lipinski definition) is 3. The van der Waals surface area contributed by atoms with Gasteiger partial charge in [-0.05, 0) is 24.1 Å². The Labute approximate surface area is 99.8 Å². The molecule has 0 aliphatic rings. The second-order valence-corrected chi connectivity index (χ2v) is 3.96. The van der Waals surface area contributed by atoms with Gasteiger partial charge in [0.15, 0.2) is 0 Å². The van der Waals surface area contributed by atoms with Crippen LogP contribution in [0.2, 0.25) is 0 Å². The van der Waals surface area contributed by atoms with E-state index in [0.717, 1.165) is 5.56 Å². The summed E-state index contributed by atoms with van der Waals surface area (Å²) in [7, 11) is 0. The van der Waals surface area contributed by atoms with Gasteiger partial charge in [0, 0.05) is 18.4 Å². The molecule has 0 saturated carbocycles. The second kappa shape index (κ2) is 4.74. The summed E-state index contributed by atoms with van der Waals surface area (Å²) in [6, 6.07) is 9.58. The number of carbonyl (C=O) groups is 1. The summed E-state index contributed by atoms with van der Waals surface area (Å²) < 4.78 is 0. The summed E-state index contributed by atoms with van der Waals surface area (Å²) in [4.78, 5) is 14.6. The second-order valence-electron chi connectivity index (χ2n) is 3.96. The first-order chi connectivity index (χ1) is 8.16. The molecule has 88 valence electrons. The predicted octanol–water partition coefficient (Wildman–Crippen LogP) is 1.84. The van der Waals surface area contributed by atoms with Crippen molar-refractivity contribution in [2.75, 3.05) is 5.73 Å². The molecule has 4 N–H and O–H groups in total. The molecule has 2 aromatic rings. The molecular weight excluding hydrogens is 214 g/mol. The highest BCUT2D eigenvalue weighted by Gasteiger charge is 2.07. The average molecular weight is 229 g/mol. The molecule has 1 heterocycles. The molecule has 1 amide bonds. The summed E-state index contributed by atoms with van der Waals surface area (Å²) in [6.45, 7) is 2.54. The molecule has 0 saturated heterocycles. The Kier molecular flexibility index (Phi) is 3.14. The quantitative estimate of drug-likeness (QED) is 0.751. The zero-order chi connectivity index (χ0) is 12.3. The lowest BCUT2D eigenvalue weighted by Gasteiger charge is -2.06. The van der Waals surface area contributed by atoms with Crippen LogP contribution in [-0.2, 0) is 6.54 Å². The fourth-order valence-electron chi connectivity index (χ4n) is 1.62. The molecule has 1 aromatic carbocycles. The van der Waals surface area contributed by atoms with Crippen LogP contribution in [0.1, 0.15) is 21.6 Å². The van der Waals surface area contributed by atoms with Crippen molar-refractivity contribution in [3.63, 3.8) is 0 Å². The molecule has 0 spiro atoms. The van der Waals surface area contributed by atoms with Crippen LogP contribution < -0.4 is 11.1 Å². The minimum atomic E-state index is -0.148. The van der Waals surface area contributed by atoms with Crippen LogP contribution in [0.4, 0.5) is 5.69 Å². The first-order valence-electron chi connectivity index (χ1n) is 5.43. The number of hydrogen-bond acceptors (Lipinski definition) is 2. The van der Waals surface area contributed by atoms with Crippen molar-refractivity contribution < 1.29 is 4.79 Å². The Morgan fingerprint density at radius 2 is 2.18 bits per heavy atom. The maximum Gasteiger partial charge on any atom is 0.268 e. The van der Waals surface area contributed by atoms with Crippen molar-refractivity contribution in [1.29, 1.82) is 0 Å². The number of H-pyrrole nitrogens is 1. The van der Waals surface area contributed by atoms with Crippen LogP contribution in [0, 0.1) is 6.92 Å². The summed E-state index contributed by atoms with van der Waals surface area (Å²) >= 11 is 0. The highest BCUT2D eigenvalue weighted by molar-refractivity contribution is 5.93. The SMILES string of the molecule is Cc1ccccc1CNC(=O)c1cc(N)c[nH]1. The molecule has 4 heteroatoms. The lowest BCUT2D eigenvalue weighted by atomic mass is 10.1. The standard InChI is InChI=1S/C13H15N3O/c1-9-4-2-3-5-10(9)7-16-13(17)12-6-11(14)8-15-12/h2-6,8,15H,7,14H2,1H3,(H,16,17). The van der Waals surface area contributed by atoms with E-state index < -0.39 is 0 Å². The molecule has 0 aliphatic heterocycles. The lowest BCUT2D eigenvalue weighted by Crippen LogP contribution is -2.23. The Morgan fingerprint density at radius 1 is 1.41 bits per heavy atom. The zero-order valence-corrected chi connectivity index (χ0v) is 9.66. The number of anilines is 1. The van der Waals surface area contributed by atoms with Gasteiger partial charge in [0.05, 0.1) is 0 Å². The van der Waals surface area contributed by atoms with Gasteiger partial charge in [0.1, 0.15) is 5.69 Å². The normalized spacial score (nSPS) is 10.2. The van der Waals surface area contributed by atoms with Crippen molar-refractivity contribution in [3.05, 3.63) is 53.3 Å². The topological polar surface area (TPSA) is 70.9 Å². The third-order valence-corrected chi connectivity index (χ3v) is 2.65.